The van der Waals surface area contributed by atoms with Crippen LogP contribution in [0.3, 0.4) is 0 Å². The molecule has 0 saturated heterocycles. The summed E-state index contributed by atoms with van der Waals surface area (Å²) in [6.45, 7) is 4.14. The van der Waals surface area contributed by atoms with Gasteiger partial charge in [0.1, 0.15) is 10.9 Å². The number of hydrogen-bond acceptors (Lipinski definition) is 2. The predicted molar refractivity (Wildman–Crippen MR) is 77.5 cm³/mol. The third-order valence-corrected chi connectivity index (χ3v) is 5.43. The van der Waals surface area contributed by atoms with Crippen molar-refractivity contribution in [2.75, 3.05) is 13.2 Å². The first kappa shape index (κ1) is 14.7. The minimum Gasteiger partial charge on any atom is -0.445 e. The van der Waals surface area contributed by atoms with Crippen molar-refractivity contribution in [1.29, 1.82) is 0 Å². The molecule has 0 radical (unpaired) electrons. The smallest absolute Gasteiger partial charge is 0.407 e. The number of alkyl carbamates (subject to hydrolysis) is 1. The van der Waals surface area contributed by atoms with Gasteiger partial charge < -0.3 is 10.1 Å². The van der Waals surface area contributed by atoms with Gasteiger partial charge in [0.15, 0.2) is 0 Å². The number of alkyl halides is 2. The zero-order valence-electron chi connectivity index (χ0n) is 10.8. The summed E-state index contributed by atoms with van der Waals surface area (Å²) < 4.78 is 4.25. The summed E-state index contributed by atoms with van der Waals surface area (Å²) in [5.74, 6) is 0.443. The molecule has 106 valence electrons. The fraction of sp³-hybridized carbons (Fsp3) is 0.643. The lowest BCUT2D eigenvalue weighted by Gasteiger charge is -2.13. The van der Waals surface area contributed by atoms with Crippen LogP contribution in [0, 0.1) is 11.3 Å². The highest BCUT2D eigenvalue weighted by Crippen LogP contribution is 2.78. The SMILES string of the molecule is C=CCOC(=O)NC/C=C\CC12CCCC1C2(Cl)Cl. The Hall–Kier alpha value is -0.670. The van der Waals surface area contributed by atoms with Gasteiger partial charge in [-0.2, -0.15) is 0 Å². The average molecular weight is 304 g/mol. The molecular formula is C14H19Cl2NO2. The molecule has 2 fully saturated rings. The first-order valence-electron chi connectivity index (χ1n) is 6.59. The lowest BCUT2D eigenvalue weighted by atomic mass is 9.99. The number of ether oxygens (including phenoxy) is 1. The van der Waals surface area contributed by atoms with Crippen LogP contribution in [0.25, 0.3) is 0 Å². The number of rotatable bonds is 6. The van der Waals surface area contributed by atoms with Crippen molar-refractivity contribution in [2.24, 2.45) is 11.3 Å². The van der Waals surface area contributed by atoms with Crippen molar-refractivity contribution in [3.05, 3.63) is 24.8 Å². The zero-order valence-corrected chi connectivity index (χ0v) is 12.3. The first-order valence-corrected chi connectivity index (χ1v) is 7.34. The summed E-state index contributed by atoms with van der Waals surface area (Å²) in [5, 5.41) is 2.63. The Labute approximate surface area is 124 Å². The van der Waals surface area contributed by atoms with Crippen molar-refractivity contribution < 1.29 is 9.53 Å². The monoisotopic (exact) mass is 303 g/mol. The van der Waals surface area contributed by atoms with E-state index >= 15 is 0 Å². The lowest BCUT2D eigenvalue weighted by molar-refractivity contribution is 0.159. The zero-order chi connectivity index (χ0) is 13.9. The van der Waals surface area contributed by atoms with Crippen molar-refractivity contribution in [2.45, 2.75) is 30.0 Å². The van der Waals surface area contributed by atoms with Crippen molar-refractivity contribution in [1.82, 2.24) is 5.32 Å². The van der Waals surface area contributed by atoms with Gasteiger partial charge in [0, 0.05) is 17.9 Å². The van der Waals surface area contributed by atoms with E-state index in [0.29, 0.717) is 12.5 Å². The van der Waals surface area contributed by atoms with Crippen LogP contribution in [-0.4, -0.2) is 23.6 Å². The summed E-state index contributed by atoms with van der Waals surface area (Å²) in [4.78, 5) is 11.1. The second-order valence-electron chi connectivity index (χ2n) is 5.17. The Morgan fingerprint density at radius 1 is 1.47 bits per heavy atom. The van der Waals surface area contributed by atoms with Crippen LogP contribution >= 0.6 is 23.2 Å². The van der Waals surface area contributed by atoms with E-state index in [1.54, 1.807) is 0 Å². The lowest BCUT2D eigenvalue weighted by Crippen LogP contribution is -2.24. The maximum atomic E-state index is 11.1. The Balaban J connectivity index is 1.68. The van der Waals surface area contributed by atoms with Gasteiger partial charge >= 0.3 is 6.09 Å². The molecule has 2 rings (SSSR count). The van der Waals surface area contributed by atoms with Crippen LogP contribution in [0.4, 0.5) is 4.79 Å². The Bertz CT molecular complexity index is 395. The van der Waals surface area contributed by atoms with E-state index in [9.17, 15) is 4.79 Å². The highest BCUT2D eigenvalue weighted by Gasteiger charge is 2.76. The molecule has 0 heterocycles. The normalized spacial score (nSPS) is 30.9. The highest BCUT2D eigenvalue weighted by atomic mass is 35.5. The quantitative estimate of drug-likeness (QED) is 0.598. The van der Waals surface area contributed by atoms with E-state index in [0.717, 1.165) is 19.3 Å². The maximum absolute atomic E-state index is 11.1. The van der Waals surface area contributed by atoms with Crippen molar-refractivity contribution >= 4 is 29.3 Å². The summed E-state index contributed by atoms with van der Waals surface area (Å²) in [6, 6.07) is 0. The fourth-order valence-corrected chi connectivity index (χ4v) is 4.23. The third kappa shape index (κ3) is 2.77. The minimum absolute atomic E-state index is 0.0793. The summed E-state index contributed by atoms with van der Waals surface area (Å²) >= 11 is 12.6. The fourth-order valence-electron chi connectivity index (χ4n) is 3.10. The van der Waals surface area contributed by atoms with Gasteiger partial charge in [0.2, 0.25) is 0 Å². The molecule has 2 aliphatic carbocycles. The largest absolute Gasteiger partial charge is 0.445 e. The molecule has 2 saturated carbocycles. The van der Waals surface area contributed by atoms with Gasteiger partial charge in [-0.15, -0.1) is 23.2 Å². The van der Waals surface area contributed by atoms with Crippen LogP contribution in [0.15, 0.2) is 24.8 Å². The van der Waals surface area contributed by atoms with Gasteiger partial charge in [-0.3, -0.25) is 0 Å². The number of nitrogens with one attached hydrogen (secondary N) is 1. The standard InChI is InChI=1S/C14H19Cl2NO2/c1-2-10-19-12(18)17-9-4-3-7-13-8-5-6-11(13)14(13,15)16/h2-4,11H,1,5-10H2,(H,17,18)/b4-3-. The van der Waals surface area contributed by atoms with Crippen LogP contribution in [0.5, 0.6) is 0 Å². The van der Waals surface area contributed by atoms with Crippen LogP contribution in [0.1, 0.15) is 25.7 Å². The Morgan fingerprint density at radius 2 is 2.26 bits per heavy atom. The number of hydrogen-bond donors (Lipinski definition) is 1. The molecule has 0 bridgehead atoms. The van der Waals surface area contributed by atoms with E-state index in [1.807, 2.05) is 6.08 Å². The highest BCUT2D eigenvalue weighted by molar-refractivity contribution is 6.52. The van der Waals surface area contributed by atoms with E-state index in [-0.39, 0.29) is 12.0 Å². The molecule has 0 spiro atoms. The van der Waals surface area contributed by atoms with E-state index in [2.05, 4.69) is 18.0 Å². The molecule has 0 aromatic heterocycles. The van der Waals surface area contributed by atoms with Gasteiger partial charge in [-0.25, -0.2) is 4.79 Å². The van der Waals surface area contributed by atoms with Crippen LogP contribution < -0.4 is 5.32 Å². The molecule has 0 aromatic rings. The molecule has 0 aromatic carbocycles. The molecule has 19 heavy (non-hydrogen) atoms. The molecule has 2 unspecified atom stereocenters. The third-order valence-electron chi connectivity index (χ3n) is 4.15. The second-order valence-corrected chi connectivity index (χ2v) is 6.55. The van der Waals surface area contributed by atoms with Gasteiger partial charge in [-0.1, -0.05) is 31.2 Å². The van der Waals surface area contributed by atoms with E-state index < -0.39 is 10.4 Å². The van der Waals surface area contributed by atoms with E-state index in [4.69, 9.17) is 27.9 Å². The average Bonchev–Trinajstić information content (AvgIpc) is 2.72. The summed E-state index contributed by atoms with van der Waals surface area (Å²) in [5.41, 5.74) is 0.0793. The molecule has 5 heteroatoms. The van der Waals surface area contributed by atoms with Gasteiger partial charge in [-0.05, 0) is 19.3 Å². The minimum atomic E-state index is -0.536. The summed E-state index contributed by atoms with van der Waals surface area (Å²) in [7, 11) is 0. The number of halogens is 2. The van der Waals surface area contributed by atoms with Crippen LogP contribution in [0.2, 0.25) is 0 Å². The van der Waals surface area contributed by atoms with Gasteiger partial charge in [0.05, 0.1) is 0 Å². The van der Waals surface area contributed by atoms with E-state index in [1.165, 1.54) is 12.5 Å². The molecule has 2 aliphatic rings. The molecule has 1 N–H and O–H groups in total. The molecule has 2 atom stereocenters. The number of carbonyl (C=O) groups is 1. The number of carbonyl (C=O) groups excluding carboxylic acids is 1. The number of fused-ring (bicyclic) bond motifs is 1. The maximum Gasteiger partial charge on any atom is 0.407 e. The van der Waals surface area contributed by atoms with Gasteiger partial charge in [0.25, 0.3) is 0 Å². The summed E-state index contributed by atoms with van der Waals surface area (Å²) in [6.07, 6.45) is 9.40. The van der Waals surface area contributed by atoms with Crippen LogP contribution in [-0.2, 0) is 4.74 Å². The molecule has 3 nitrogen and oxygen atoms in total. The Kier molecular flexibility index (Phi) is 4.46. The predicted octanol–water partition coefficient (Wildman–Crippen LogP) is 3.82. The number of amides is 1. The molecule has 0 aliphatic heterocycles. The Morgan fingerprint density at radius 3 is 2.89 bits per heavy atom. The topological polar surface area (TPSA) is 38.3 Å². The van der Waals surface area contributed by atoms with Crippen molar-refractivity contribution in [3.63, 3.8) is 0 Å². The molecular weight excluding hydrogens is 285 g/mol. The first-order chi connectivity index (χ1) is 9.04. The van der Waals surface area contributed by atoms with Crippen molar-refractivity contribution in [3.8, 4) is 0 Å². The second kappa shape index (κ2) is 5.76. The molecule has 1 amide bonds. The number of allylic oxidation sites excluding steroid dienone is 1.